The number of carbonyl (C=O) groups excluding carboxylic acids is 2. The molecule has 39 heavy (non-hydrogen) atoms. The van der Waals surface area contributed by atoms with E-state index >= 15 is 0 Å². The molecule has 3 N–H and O–H groups in total. The van der Waals surface area contributed by atoms with Crippen LogP contribution in [0.3, 0.4) is 0 Å². The van der Waals surface area contributed by atoms with E-state index in [9.17, 15) is 41.0 Å². The first-order valence-corrected chi connectivity index (χ1v) is 12.8. The molecule has 3 aliphatic rings. The zero-order valence-corrected chi connectivity index (χ0v) is 20.6. The number of nitrogens with zero attached hydrogens (tertiary/aromatic N) is 3. The van der Waals surface area contributed by atoms with E-state index in [1.807, 2.05) is 0 Å². The summed E-state index contributed by atoms with van der Waals surface area (Å²) >= 11 is 0. The quantitative estimate of drug-likeness (QED) is 0.486. The smallest absolute Gasteiger partial charge is 0.380 e. The number of nitrogens with one attached hydrogen (secondary N) is 2. The molecule has 2 aromatic heterocycles. The molecule has 3 atom stereocenters. The van der Waals surface area contributed by atoms with E-state index in [0.29, 0.717) is 31.9 Å². The Labute approximate surface area is 219 Å². The molecule has 2 bridgehead atoms. The monoisotopic (exact) mass is 559 g/mol. The Morgan fingerprint density at radius 2 is 1.69 bits per heavy atom. The van der Waals surface area contributed by atoms with Crippen molar-refractivity contribution in [1.82, 2.24) is 25.4 Å². The van der Waals surface area contributed by atoms with Crippen molar-refractivity contribution in [3.8, 4) is 11.3 Å². The van der Waals surface area contributed by atoms with Crippen molar-refractivity contribution in [3.63, 3.8) is 0 Å². The van der Waals surface area contributed by atoms with Crippen LogP contribution in [-0.4, -0.2) is 66.9 Å². The summed E-state index contributed by atoms with van der Waals surface area (Å²) in [5, 5.41) is 19.1. The maximum Gasteiger partial charge on any atom is 0.418 e. The first-order valence-electron chi connectivity index (χ1n) is 12.8. The van der Waals surface area contributed by atoms with Gasteiger partial charge in [0.15, 0.2) is 5.60 Å². The molecule has 8 nitrogen and oxygen atoms in total. The average Bonchev–Trinajstić information content (AvgIpc) is 3.46. The number of hydrogen-bond acceptors (Lipinski definition) is 5. The summed E-state index contributed by atoms with van der Waals surface area (Å²) in [6.07, 6.45) is -6.31. The number of alkyl halides is 6. The average molecular weight is 560 g/mol. The number of H-pyrrole nitrogens is 1. The summed E-state index contributed by atoms with van der Waals surface area (Å²) in [5.74, 6) is -1.11. The molecule has 2 aromatic rings. The van der Waals surface area contributed by atoms with Crippen molar-refractivity contribution in [2.24, 2.45) is 5.92 Å². The Bertz CT molecular complexity index is 1220. The summed E-state index contributed by atoms with van der Waals surface area (Å²) < 4.78 is 79.3. The molecule has 1 aliphatic carbocycles. The molecule has 0 aromatic carbocycles. The van der Waals surface area contributed by atoms with Gasteiger partial charge in [-0.25, -0.2) is 0 Å². The largest absolute Gasteiger partial charge is 0.418 e. The number of carbonyl (C=O) groups is 2. The highest BCUT2D eigenvalue weighted by molar-refractivity contribution is 5.94. The number of hydrogen-bond donors (Lipinski definition) is 3. The standard InChI is InChI=1S/C25H27F6N5O3/c26-24(27,28)18-12-32-8-5-17(18)19-11-20(35-34-19)22(38)36-15-1-2-16(36)10-13(9-15)21(37)33-14-3-6-23(39,7-4-14)25(29,30)31/h5,8,11-16,39H,1-4,6-7,9-10H2,(H,33,37)(H,34,35)/t13?,14?,15-,16+,23?. The SMILES string of the molecule is O=C(NC1CCC(O)(C(F)(F)F)CC1)C1C[C@H]2CC[C@@H](C1)N2C(=O)c1cc(-c2ccncc2C(F)(F)F)n[nH]1. The van der Waals surface area contributed by atoms with Gasteiger partial charge in [-0.15, -0.1) is 0 Å². The fourth-order valence-corrected chi connectivity index (χ4v) is 6.12. The van der Waals surface area contributed by atoms with Gasteiger partial charge >= 0.3 is 12.4 Å². The second kappa shape index (κ2) is 9.79. The topological polar surface area (TPSA) is 111 Å². The van der Waals surface area contributed by atoms with Crippen LogP contribution in [0, 0.1) is 5.92 Å². The molecule has 14 heteroatoms. The second-order valence-electron chi connectivity index (χ2n) is 10.7. The van der Waals surface area contributed by atoms with Crippen molar-refractivity contribution < 1.29 is 41.0 Å². The Balaban J connectivity index is 1.22. The fourth-order valence-electron chi connectivity index (χ4n) is 6.12. The number of pyridine rings is 1. The Hall–Kier alpha value is -3.16. The van der Waals surface area contributed by atoms with Gasteiger partial charge in [-0.05, 0) is 63.5 Å². The molecule has 1 unspecified atom stereocenters. The summed E-state index contributed by atoms with van der Waals surface area (Å²) in [4.78, 5) is 31.5. The third kappa shape index (κ3) is 5.22. The lowest BCUT2D eigenvalue weighted by molar-refractivity contribution is -0.270. The van der Waals surface area contributed by atoms with E-state index in [1.54, 1.807) is 4.90 Å². The molecular weight excluding hydrogens is 532 g/mol. The minimum absolute atomic E-state index is 0.0155. The molecule has 1 saturated carbocycles. The highest BCUT2D eigenvalue weighted by Gasteiger charge is 2.55. The third-order valence-corrected chi connectivity index (χ3v) is 8.24. The minimum atomic E-state index is -4.71. The summed E-state index contributed by atoms with van der Waals surface area (Å²) in [6.45, 7) is 0. The Morgan fingerprint density at radius 1 is 1.05 bits per heavy atom. The van der Waals surface area contributed by atoms with Gasteiger partial charge < -0.3 is 15.3 Å². The predicted molar refractivity (Wildman–Crippen MR) is 124 cm³/mol. The zero-order chi connectivity index (χ0) is 28.2. The van der Waals surface area contributed by atoms with Gasteiger partial charge in [0, 0.05) is 42.0 Å². The molecule has 2 saturated heterocycles. The number of piperidine rings is 1. The van der Waals surface area contributed by atoms with Crippen LogP contribution in [-0.2, 0) is 11.0 Å². The number of fused-ring (bicyclic) bond motifs is 2. The Morgan fingerprint density at radius 3 is 2.28 bits per heavy atom. The van der Waals surface area contributed by atoms with Gasteiger partial charge in [0.2, 0.25) is 5.91 Å². The lowest BCUT2D eigenvalue weighted by atomic mass is 9.81. The molecule has 4 heterocycles. The zero-order valence-electron chi connectivity index (χ0n) is 20.6. The molecule has 2 aliphatic heterocycles. The molecule has 3 fully saturated rings. The Kier molecular flexibility index (Phi) is 6.88. The number of aliphatic hydroxyl groups is 1. The van der Waals surface area contributed by atoms with Gasteiger partial charge in [0.25, 0.3) is 5.91 Å². The predicted octanol–water partition coefficient (Wildman–Crippen LogP) is 4.23. The van der Waals surface area contributed by atoms with Crippen molar-refractivity contribution in [3.05, 3.63) is 35.8 Å². The van der Waals surface area contributed by atoms with Gasteiger partial charge in [-0.2, -0.15) is 31.4 Å². The van der Waals surface area contributed by atoms with Crippen molar-refractivity contribution in [2.75, 3.05) is 0 Å². The van der Waals surface area contributed by atoms with Crippen molar-refractivity contribution in [2.45, 2.75) is 87.4 Å². The van der Waals surface area contributed by atoms with E-state index < -0.39 is 54.2 Å². The van der Waals surface area contributed by atoms with Crippen LogP contribution in [0.15, 0.2) is 24.5 Å². The highest BCUT2D eigenvalue weighted by atomic mass is 19.4. The van der Waals surface area contributed by atoms with Gasteiger partial charge in [-0.1, -0.05) is 0 Å². The van der Waals surface area contributed by atoms with Gasteiger partial charge in [-0.3, -0.25) is 19.7 Å². The third-order valence-electron chi connectivity index (χ3n) is 8.24. The van der Waals surface area contributed by atoms with Crippen LogP contribution < -0.4 is 5.32 Å². The van der Waals surface area contributed by atoms with Crippen LogP contribution in [0.25, 0.3) is 11.3 Å². The van der Waals surface area contributed by atoms with Gasteiger partial charge in [0.1, 0.15) is 5.69 Å². The second-order valence-corrected chi connectivity index (χ2v) is 10.7. The van der Waals surface area contributed by atoms with E-state index in [2.05, 4.69) is 20.5 Å². The minimum Gasteiger partial charge on any atom is -0.380 e. The number of aromatic amines is 1. The van der Waals surface area contributed by atoms with Crippen LogP contribution in [0.4, 0.5) is 26.3 Å². The molecule has 5 rings (SSSR count). The summed E-state index contributed by atoms with van der Waals surface area (Å²) in [7, 11) is 0. The first-order chi connectivity index (χ1) is 18.3. The molecule has 0 radical (unpaired) electrons. The fraction of sp³-hybridized carbons (Fsp3) is 0.600. The van der Waals surface area contributed by atoms with E-state index in [4.69, 9.17) is 0 Å². The van der Waals surface area contributed by atoms with E-state index in [1.165, 1.54) is 18.3 Å². The summed E-state index contributed by atoms with van der Waals surface area (Å²) in [5.41, 5.74) is -3.91. The van der Waals surface area contributed by atoms with Crippen LogP contribution in [0.1, 0.15) is 67.4 Å². The normalized spacial score (nSPS) is 29.4. The van der Waals surface area contributed by atoms with Crippen molar-refractivity contribution in [1.29, 1.82) is 0 Å². The molecule has 0 spiro atoms. The lowest BCUT2D eigenvalue weighted by Crippen LogP contribution is -2.53. The maximum atomic E-state index is 13.4. The molecular formula is C25H27F6N5O3. The van der Waals surface area contributed by atoms with Crippen molar-refractivity contribution >= 4 is 11.8 Å². The van der Waals surface area contributed by atoms with Crippen LogP contribution in [0.2, 0.25) is 0 Å². The van der Waals surface area contributed by atoms with E-state index in [-0.39, 0.29) is 47.8 Å². The number of halogens is 6. The summed E-state index contributed by atoms with van der Waals surface area (Å²) in [6, 6.07) is 1.47. The maximum absolute atomic E-state index is 13.4. The highest BCUT2D eigenvalue weighted by Crippen LogP contribution is 2.43. The molecule has 2 amide bonds. The lowest BCUT2D eigenvalue weighted by Gasteiger charge is -2.40. The first kappa shape index (κ1) is 27.4. The van der Waals surface area contributed by atoms with Crippen LogP contribution >= 0.6 is 0 Å². The number of amides is 2. The molecule has 212 valence electrons. The van der Waals surface area contributed by atoms with E-state index in [0.717, 1.165) is 0 Å². The van der Waals surface area contributed by atoms with Gasteiger partial charge in [0.05, 0.1) is 11.3 Å². The number of rotatable bonds is 4. The number of aromatic nitrogens is 3. The van der Waals surface area contributed by atoms with Crippen LogP contribution in [0.5, 0.6) is 0 Å².